The standard InChI is InChI=1S/C36H41Br2N5O7/c1-2-49-32(44)22-23-7-9-26(10-8-23)39-14-15-40-34(46)31(21-24-19-28(37)33(45)29(38)20-24)50-36(48)42-16-12-27(13-17-42)43-18-11-25-5-3-4-6-30(25)41-35(43)47/h3-6,19-20,23,26-27,31,45H,2,7-13,16-18,21-22H2,1H3,(H,41,47)/t23?,26?,31-/m1/s1. The summed E-state index contributed by atoms with van der Waals surface area (Å²) in [4.78, 5) is 63.1. The molecular formula is C36H41Br2N5O7. The molecule has 1 saturated carbocycles. The van der Waals surface area contributed by atoms with Gasteiger partial charge in [0, 0.05) is 44.2 Å². The predicted molar refractivity (Wildman–Crippen MR) is 195 cm³/mol. The number of anilines is 1. The number of para-hydroxylation sites is 1. The molecule has 2 aromatic rings. The Morgan fingerprint density at radius 1 is 1.02 bits per heavy atom. The second-order valence-corrected chi connectivity index (χ2v) is 14.4. The van der Waals surface area contributed by atoms with Gasteiger partial charge in [-0.3, -0.25) is 9.59 Å². The quantitative estimate of drug-likeness (QED) is 0.218. The number of ether oxygens (including phenoxy) is 2. The van der Waals surface area contributed by atoms with Crippen LogP contribution in [0.5, 0.6) is 5.75 Å². The molecule has 4 amide bonds. The molecule has 0 radical (unpaired) electrons. The minimum absolute atomic E-state index is 0.000170. The number of halogens is 2. The Balaban J connectivity index is 1.20. The van der Waals surface area contributed by atoms with Crippen LogP contribution < -0.4 is 5.32 Å². The van der Waals surface area contributed by atoms with Gasteiger partial charge in [-0.25, -0.2) is 14.6 Å². The zero-order chi connectivity index (χ0) is 35.6. The molecule has 1 saturated heterocycles. The number of phenolic OH excluding ortho intramolecular Hbond substituents is 1. The van der Waals surface area contributed by atoms with Crippen molar-refractivity contribution in [2.75, 3.05) is 31.6 Å². The SMILES string of the molecule is CCOC(=O)CC1CCC(N=C=C=NC(=O)[C@@H](Cc2cc(Br)c(O)c(Br)c2)OC(=O)N2CCC(N3CCc4ccccc4NC3=O)CC2)CC1. The van der Waals surface area contributed by atoms with Crippen LogP contribution in [0.25, 0.3) is 0 Å². The van der Waals surface area contributed by atoms with Crippen LogP contribution in [0.2, 0.25) is 0 Å². The van der Waals surface area contributed by atoms with E-state index in [1.165, 1.54) is 0 Å². The maximum absolute atomic E-state index is 13.4. The number of carbonyl (C=O) groups is 4. The van der Waals surface area contributed by atoms with Gasteiger partial charge in [-0.05, 0) is 119 Å². The highest BCUT2D eigenvalue weighted by molar-refractivity contribution is 9.11. The lowest BCUT2D eigenvalue weighted by atomic mass is 9.84. The molecule has 2 fully saturated rings. The second kappa shape index (κ2) is 17.8. The van der Waals surface area contributed by atoms with E-state index in [-0.39, 0.29) is 42.2 Å². The first-order valence-electron chi connectivity index (χ1n) is 17.0. The Bertz CT molecular complexity index is 1650. The number of esters is 1. The molecule has 0 unspecified atom stereocenters. The van der Waals surface area contributed by atoms with Crippen LogP contribution in [0.3, 0.4) is 0 Å². The van der Waals surface area contributed by atoms with Gasteiger partial charge in [0.2, 0.25) is 0 Å². The number of hydrogen-bond acceptors (Lipinski definition) is 8. The monoisotopic (exact) mass is 813 g/mol. The van der Waals surface area contributed by atoms with Crippen LogP contribution in [0.15, 0.2) is 55.3 Å². The first kappa shape index (κ1) is 37.3. The number of fused-ring (bicyclic) bond motifs is 1. The summed E-state index contributed by atoms with van der Waals surface area (Å²) in [7, 11) is 0. The number of nitrogens with one attached hydrogen (secondary N) is 1. The van der Waals surface area contributed by atoms with Crippen LogP contribution in [-0.2, 0) is 31.9 Å². The van der Waals surface area contributed by atoms with Gasteiger partial charge in [-0.1, -0.05) is 18.2 Å². The lowest BCUT2D eigenvalue weighted by molar-refractivity contribution is -0.144. The van der Waals surface area contributed by atoms with E-state index >= 15 is 0 Å². The molecular weight excluding hydrogens is 774 g/mol. The summed E-state index contributed by atoms with van der Waals surface area (Å²) in [5.74, 6) is 4.49. The molecule has 2 aromatic carbocycles. The van der Waals surface area contributed by atoms with E-state index in [0.717, 1.165) is 43.4 Å². The van der Waals surface area contributed by atoms with Gasteiger partial charge in [0.1, 0.15) is 5.75 Å². The third-order valence-electron chi connectivity index (χ3n) is 9.36. The zero-order valence-corrected chi connectivity index (χ0v) is 31.1. The van der Waals surface area contributed by atoms with E-state index in [0.29, 0.717) is 60.0 Å². The highest BCUT2D eigenvalue weighted by Gasteiger charge is 2.33. The lowest BCUT2D eigenvalue weighted by Crippen LogP contribution is -2.50. The number of hydrogen-bond donors (Lipinski definition) is 2. The van der Waals surface area contributed by atoms with Crippen molar-refractivity contribution in [2.24, 2.45) is 15.9 Å². The van der Waals surface area contributed by atoms with Gasteiger partial charge >= 0.3 is 18.1 Å². The molecule has 12 nitrogen and oxygen atoms in total. The largest absolute Gasteiger partial charge is 0.506 e. The number of rotatable bonds is 9. The van der Waals surface area contributed by atoms with Crippen molar-refractivity contribution in [3.05, 3.63) is 56.5 Å². The van der Waals surface area contributed by atoms with E-state index in [2.05, 4.69) is 58.9 Å². The molecule has 5 rings (SSSR count). The Labute approximate surface area is 308 Å². The maximum atomic E-state index is 13.4. The fourth-order valence-corrected chi connectivity index (χ4v) is 7.91. The number of aromatic hydroxyl groups is 1. The number of benzene rings is 2. The first-order chi connectivity index (χ1) is 24.1. The summed E-state index contributed by atoms with van der Waals surface area (Å²) in [6.07, 6.45) is 3.61. The molecule has 2 heterocycles. The van der Waals surface area contributed by atoms with Gasteiger partial charge in [0.15, 0.2) is 6.10 Å². The number of aliphatic imine (C=N–C) groups is 2. The number of piperidine rings is 1. The molecule has 266 valence electrons. The van der Waals surface area contributed by atoms with Gasteiger partial charge < -0.3 is 29.7 Å². The fourth-order valence-electron chi connectivity index (χ4n) is 6.63. The van der Waals surface area contributed by atoms with Crippen molar-refractivity contribution in [2.45, 2.75) is 82.9 Å². The lowest BCUT2D eigenvalue weighted by Gasteiger charge is -2.37. The van der Waals surface area contributed by atoms with Crippen molar-refractivity contribution in [3.63, 3.8) is 0 Å². The summed E-state index contributed by atoms with van der Waals surface area (Å²) in [5, 5.41) is 13.2. The molecule has 3 aliphatic rings. The van der Waals surface area contributed by atoms with E-state index in [4.69, 9.17) is 9.47 Å². The topological polar surface area (TPSA) is 150 Å². The summed E-state index contributed by atoms with van der Waals surface area (Å²) >= 11 is 6.62. The van der Waals surface area contributed by atoms with Gasteiger partial charge in [-0.2, -0.15) is 4.99 Å². The number of urea groups is 1. The minimum Gasteiger partial charge on any atom is -0.506 e. The first-order valence-corrected chi connectivity index (χ1v) is 18.6. The summed E-state index contributed by atoms with van der Waals surface area (Å²) in [6.45, 7) is 3.46. The van der Waals surface area contributed by atoms with Gasteiger partial charge in [0.25, 0.3) is 5.91 Å². The average Bonchev–Trinajstić information content (AvgIpc) is 3.27. The molecule has 1 atom stereocenters. The predicted octanol–water partition coefficient (Wildman–Crippen LogP) is 6.45. The Kier molecular flexibility index (Phi) is 13.3. The summed E-state index contributed by atoms with van der Waals surface area (Å²) in [6, 6.07) is 10.9. The highest BCUT2D eigenvalue weighted by Crippen LogP contribution is 2.34. The van der Waals surface area contributed by atoms with Crippen molar-refractivity contribution in [1.29, 1.82) is 0 Å². The third kappa shape index (κ3) is 10.1. The van der Waals surface area contributed by atoms with Crippen LogP contribution in [0.1, 0.15) is 63.0 Å². The number of carbonyl (C=O) groups excluding carboxylic acids is 4. The second-order valence-electron chi connectivity index (χ2n) is 12.7. The van der Waals surface area contributed by atoms with Crippen molar-refractivity contribution >= 4 is 73.3 Å². The van der Waals surface area contributed by atoms with Crippen molar-refractivity contribution in [1.82, 2.24) is 9.80 Å². The Hall–Kier alpha value is -3.96. The summed E-state index contributed by atoms with van der Waals surface area (Å²) < 4.78 is 11.6. The third-order valence-corrected chi connectivity index (χ3v) is 10.6. The fraction of sp³-hybridized carbons (Fsp3) is 0.500. The Morgan fingerprint density at radius 2 is 1.72 bits per heavy atom. The van der Waals surface area contributed by atoms with E-state index in [9.17, 15) is 24.3 Å². The van der Waals surface area contributed by atoms with Crippen LogP contribution in [-0.4, -0.2) is 95.1 Å². The minimum atomic E-state index is -1.27. The maximum Gasteiger partial charge on any atom is 0.410 e. The number of phenols is 1. The van der Waals surface area contributed by atoms with E-state index in [1.54, 1.807) is 24.0 Å². The van der Waals surface area contributed by atoms with E-state index < -0.39 is 18.1 Å². The normalized spacial score (nSPS) is 19.9. The number of likely N-dealkylation sites (tertiary alicyclic amines) is 1. The van der Waals surface area contributed by atoms with E-state index in [1.807, 2.05) is 29.2 Å². The smallest absolute Gasteiger partial charge is 0.410 e. The molecule has 2 N–H and O–H groups in total. The van der Waals surface area contributed by atoms with Gasteiger partial charge in [-0.15, -0.1) is 0 Å². The zero-order valence-electron chi connectivity index (χ0n) is 27.9. The molecule has 1 aliphatic carbocycles. The molecule has 0 bridgehead atoms. The molecule has 50 heavy (non-hydrogen) atoms. The van der Waals surface area contributed by atoms with Crippen molar-refractivity contribution < 1.29 is 33.8 Å². The summed E-state index contributed by atoms with van der Waals surface area (Å²) in [5.41, 5.74) is 2.53. The molecule has 0 spiro atoms. The number of nitrogens with zero attached hydrogens (tertiary/aromatic N) is 4. The Morgan fingerprint density at radius 3 is 2.42 bits per heavy atom. The van der Waals surface area contributed by atoms with Crippen LogP contribution >= 0.6 is 31.9 Å². The number of amides is 4. The van der Waals surface area contributed by atoms with Crippen LogP contribution in [0, 0.1) is 5.92 Å². The van der Waals surface area contributed by atoms with Crippen LogP contribution in [0.4, 0.5) is 15.3 Å². The molecule has 0 aromatic heterocycles. The molecule has 2 aliphatic heterocycles. The molecule has 14 heteroatoms. The highest BCUT2D eigenvalue weighted by atomic mass is 79.9. The average molecular weight is 816 g/mol. The van der Waals surface area contributed by atoms with Gasteiger partial charge in [0.05, 0.1) is 33.3 Å². The van der Waals surface area contributed by atoms with Crippen molar-refractivity contribution in [3.8, 4) is 5.75 Å².